The molecule has 1 aromatic carbocycles. The first-order valence-corrected chi connectivity index (χ1v) is 5.99. The average molecular weight is 256 g/mol. The number of nitriles is 1. The Morgan fingerprint density at radius 1 is 1.33 bits per heavy atom. The van der Waals surface area contributed by atoms with Crippen LogP contribution in [0.25, 0.3) is 11.6 Å². The van der Waals surface area contributed by atoms with Crippen molar-refractivity contribution in [3.8, 4) is 6.07 Å². The van der Waals surface area contributed by atoms with Crippen LogP contribution in [0.15, 0.2) is 41.8 Å². The van der Waals surface area contributed by atoms with Crippen LogP contribution >= 0.6 is 11.3 Å². The van der Waals surface area contributed by atoms with Gasteiger partial charge in [0.05, 0.1) is 16.6 Å². The van der Waals surface area contributed by atoms with Crippen LogP contribution in [0.3, 0.4) is 0 Å². The summed E-state index contributed by atoms with van der Waals surface area (Å²) < 4.78 is 0. The highest BCUT2D eigenvalue weighted by molar-refractivity contribution is 7.10. The summed E-state index contributed by atoms with van der Waals surface area (Å²) in [6.45, 7) is 0. The second-order valence-corrected chi connectivity index (χ2v) is 4.47. The highest BCUT2D eigenvalue weighted by Crippen LogP contribution is 2.22. The monoisotopic (exact) mass is 256 g/mol. The fourth-order valence-electron chi connectivity index (χ4n) is 1.46. The molecule has 0 atom stereocenters. The highest BCUT2D eigenvalue weighted by Gasteiger charge is 2.06. The lowest BCUT2D eigenvalue weighted by Crippen LogP contribution is -1.88. The molecule has 0 saturated carbocycles. The fourth-order valence-corrected chi connectivity index (χ4v) is 2.12. The van der Waals surface area contributed by atoms with Gasteiger partial charge in [-0.25, -0.2) is 0 Å². The number of benzene rings is 1. The molecule has 0 aliphatic rings. The summed E-state index contributed by atoms with van der Waals surface area (Å²) in [7, 11) is 0. The van der Waals surface area contributed by atoms with Gasteiger partial charge in [-0.2, -0.15) is 5.26 Å². The van der Waals surface area contributed by atoms with Crippen molar-refractivity contribution in [2.24, 2.45) is 0 Å². The number of non-ortho nitro benzene ring substituents is 1. The molecule has 0 radical (unpaired) electrons. The molecule has 18 heavy (non-hydrogen) atoms. The first-order valence-electron chi connectivity index (χ1n) is 5.11. The van der Waals surface area contributed by atoms with Crippen molar-refractivity contribution in [1.29, 1.82) is 5.26 Å². The number of rotatable bonds is 3. The number of thiophene rings is 1. The smallest absolute Gasteiger partial charge is 0.258 e. The molecule has 4 nitrogen and oxygen atoms in total. The first kappa shape index (κ1) is 12.0. The average Bonchev–Trinajstić information content (AvgIpc) is 2.89. The Morgan fingerprint density at radius 3 is 2.56 bits per heavy atom. The van der Waals surface area contributed by atoms with Crippen LogP contribution in [0.2, 0.25) is 0 Å². The van der Waals surface area contributed by atoms with Gasteiger partial charge >= 0.3 is 0 Å². The zero-order chi connectivity index (χ0) is 13.0. The molecule has 0 bridgehead atoms. The summed E-state index contributed by atoms with van der Waals surface area (Å²) >= 11 is 1.53. The molecule has 0 aliphatic heterocycles. The Morgan fingerprint density at radius 2 is 2.06 bits per heavy atom. The van der Waals surface area contributed by atoms with E-state index in [-0.39, 0.29) is 5.69 Å². The predicted octanol–water partition coefficient (Wildman–Crippen LogP) is 3.72. The normalized spacial score (nSPS) is 10.9. The van der Waals surface area contributed by atoms with Gasteiger partial charge in [0.1, 0.15) is 0 Å². The van der Waals surface area contributed by atoms with Crippen molar-refractivity contribution in [1.82, 2.24) is 0 Å². The maximum Gasteiger partial charge on any atom is 0.269 e. The second-order valence-electron chi connectivity index (χ2n) is 3.49. The van der Waals surface area contributed by atoms with Crippen molar-refractivity contribution >= 4 is 28.7 Å². The van der Waals surface area contributed by atoms with E-state index in [2.05, 4.69) is 6.07 Å². The number of hydrogen-bond donors (Lipinski definition) is 0. The Bertz CT molecular complexity index is 622. The molecule has 0 spiro atoms. The summed E-state index contributed by atoms with van der Waals surface area (Å²) in [6, 6.07) is 11.9. The quantitative estimate of drug-likeness (QED) is 0.477. The van der Waals surface area contributed by atoms with Crippen molar-refractivity contribution in [3.63, 3.8) is 0 Å². The molecule has 88 valence electrons. The number of hydrogen-bond acceptors (Lipinski definition) is 4. The minimum atomic E-state index is -0.460. The van der Waals surface area contributed by atoms with Gasteiger partial charge in [0.2, 0.25) is 0 Å². The van der Waals surface area contributed by atoms with Crippen LogP contribution < -0.4 is 0 Å². The van der Waals surface area contributed by atoms with E-state index in [4.69, 9.17) is 5.26 Å². The highest BCUT2D eigenvalue weighted by atomic mass is 32.1. The molecule has 0 N–H and O–H groups in total. The molecule has 1 heterocycles. The lowest BCUT2D eigenvalue weighted by Gasteiger charge is -1.98. The van der Waals surface area contributed by atoms with Crippen LogP contribution in [-0.4, -0.2) is 4.92 Å². The Hall–Kier alpha value is -2.45. The Kier molecular flexibility index (Phi) is 3.51. The molecule has 0 aliphatic carbocycles. The van der Waals surface area contributed by atoms with Gasteiger partial charge in [0.25, 0.3) is 5.69 Å². The Labute approximate surface area is 108 Å². The van der Waals surface area contributed by atoms with Gasteiger partial charge in [0.15, 0.2) is 0 Å². The fraction of sp³-hybridized carbons (Fsp3) is 0. The van der Waals surface area contributed by atoms with E-state index >= 15 is 0 Å². The lowest BCUT2D eigenvalue weighted by molar-refractivity contribution is -0.384. The second kappa shape index (κ2) is 5.25. The summed E-state index contributed by atoms with van der Waals surface area (Å²) in [5.41, 5.74) is 1.19. The summed E-state index contributed by atoms with van der Waals surface area (Å²) in [4.78, 5) is 11.1. The van der Waals surface area contributed by atoms with Gasteiger partial charge in [-0.3, -0.25) is 10.1 Å². The standard InChI is InChI=1S/C13H8N2O2S/c14-9-11(8-13-2-1-7-18-13)10-3-5-12(6-4-10)15(16)17/h1-8H. The number of nitro benzene ring substituents is 1. The van der Waals surface area contributed by atoms with Crippen molar-refractivity contribution in [3.05, 3.63) is 62.3 Å². The van der Waals surface area contributed by atoms with Crippen LogP contribution in [0.1, 0.15) is 10.4 Å². The topological polar surface area (TPSA) is 66.9 Å². The van der Waals surface area contributed by atoms with E-state index in [0.29, 0.717) is 11.1 Å². The SMILES string of the molecule is N#CC(=Cc1cccs1)c1ccc([N+](=O)[O-])cc1. The summed E-state index contributed by atoms with van der Waals surface area (Å²) in [6.07, 6.45) is 1.77. The van der Waals surface area contributed by atoms with E-state index in [1.54, 1.807) is 18.2 Å². The molecule has 2 aromatic rings. The van der Waals surface area contributed by atoms with E-state index in [1.807, 2.05) is 17.5 Å². The third kappa shape index (κ3) is 2.62. The van der Waals surface area contributed by atoms with Crippen molar-refractivity contribution in [2.45, 2.75) is 0 Å². The van der Waals surface area contributed by atoms with Crippen molar-refractivity contribution < 1.29 is 4.92 Å². The van der Waals surface area contributed by atoms with Gasteiger partial charge in [-0.1, -0.05) is 6.07 Å². The zero-order valence-electron chi connectivity index (χ0n) is 9.24. The maximum absolute atomic E-state index is 10.5. The summed E-state index contributed by atoms with van der Waals surface area (Å²) in [5.74, 6) is 0. The summed E-state index contributed by atoms with van der Waals surface area (Å²) in [5, 5.41) is 21.6. The predicted molar refractivity (Wildman–Crippen MR) is 70.9 cm³/mol. The molecule has 5 heteroatoms. The van der Waals surface area contributed by atoms with Crippen LogP contribution in [0, 0.1) is 21.4 Å². The van der Waals surface area contributed by atoms with Gasteiger partial charge in [-0.15, -0.1) is 11.3 Å². The van der Waals surface area contributed by atoms with Gasteiger partial charge < -0.3 is 0 Å². The third-order valence-electron chi connectivity index (χ3n) is 2.34. The molecule has 0 saturated heterocycles. The molecule has 2 rings (SSSR count). The largest absolute Gasteiger partial charge is 0.269 e. The van der Waals surface area contributed by atoms with Gasteiger partial charge in [-0.05, 0) is 35.2 Å². The van der Waals surface area contributed by atoms with Crippen LogP contribution in [-0.2, 0) is 0 Å². The Balaban J connectivity index is 2.35. The number of nitro groups is 1. The molecular weight excluding hydrogens is 248 g/mol. The maximum atomic E-state index is 10.5. The number of nitrogens with zero attached hydrogens (tertiary/aromatic N) is 2. The van der Waals surface area contributed by atoms with Crippen molar-refractivity contribution in [2.75, 3.05) is 0 Å². The minimum Gasteiger partial charge on any atom is -0.258 e. The third-order valence-corrected chi connectivity index (χ3v) is 3.16. The first-order chi connectivity index (χ1) is 8.70. The van der Waals surface area contributed by atoms with E-state index < -0.39 is 4.92 Å². The van der Waals surface area contributed by atoms with Crippen LogP contribution in [0.4, 0.5) is 5.69 Å². The van der Waals surface area contributed by atoms with Crippen LogP contribution in [0.5, 0.6) is 0 Å². The molecule has 0 unspecified atom stereocenters. The van der Waals surface area contributed by atoms with E-state index in [0.717, 1.165) is 4.88 Å². The van der Waals surface area contributed by atoms with E-state index in [1.165, 1.54) is 23.5 Å². The molecule has 0 fully saturated rings. The van der Waals surface area contributed by atoms with Gasteiger partial charge in [0, 0.05) is 17.0 Å². The molecule has 0 amide bonds. The number of allylic oxidation sites excluding steroid dienone is 1. The zero-order valence-corrected chi connectivity index (χ0v) is 10.1. The lowest BCUT2D eigenvalue weighted by atomic mass is 10.1. The van der Waals surface area contributed by atoms with E-state index in [9.17, 15) is 10.1 Å². The minimum absolute atomic E-state index is 0.0205. The molecule has 1 aromatic heterocycles. The molecular formula is C13H8N2O2S.